The quantitative estimate of drug-likeness (QED) is 0.615. The molecular formula is C16H13FO2. The number of allylic oxidation sites excluding steroid dienone is 1. The first-order valence-electron chi connectivity index (χ1n) is 5.81. The topological polar surface area (TPSA) is 26.3 Å². The van der Waals surface area contributed by atoms with Crippen LogP contribution in [0.2, 0.25) is 0 Å². The molecule has 0 heterocycles. The summed E-state index contributed by atoms with van der Waals surface area (Å²) in [6.45, 7) is 0. The Morgan fingerprint density at radius 1 is 1.05 bits per heavy atom. The molecule has 96 valence electrons. The van der Waals surface area contributed by atoms with Crippen molar-refractivity contribution in [2.75, 3.05) is 7.11 Å². The summed E-state index contributed by atoms with van der Waals surface area (Å²) >= 11 is 0. The Hall–Kier alpha value is -2.42. The van der Waals surface area contributed by atoms with Crippen molar-refractivity contribution in [3.63, 3.8) is 0 Å². The van der Waals surface area contributed by atoms with E-state index < -0.39 is 0 Å². The summed E-state index contributed by atoms with van der Waals surface area (Å²) in [6, 6.07) is 12.8. The van der Waals surface area contributed by atoms with E-state index in [9.17, 15) is 9.18 Å². The highest BCUT2D eigenvalue weighted by Gasteiger charge is 2.01. The lowest BCUT2D eigenvalue weighted by molar-refractivity contribution is 0.104. The number of methoxy groups -OCH3 is 1. The van der Waals surface area contributed by atoms with Gasteiger partial charge in [-0.3, -0.25) is 4.79 Å². The zero-order valence-corrected chi connectivity index (χ0v) is 10.5. The maximum absolute atomic E-state index is 12.7. The van der Waals surface area contributed by atoms with Crippen molar-refractivity contribution in [2.24, 2.45) is 0 Å². The molecule has 0 aliphatic heterocycles. The average molecular weight is 256 g/mol. The summed E-state index contributed by atoms with van der Waals surface area (Å²) in [4.78, 5) is 11.9. The average Bonchev–Trinajstić information content (AvgIpc) is 2.46. The molecular weight excluding hydrogens is 243 g/mol. The van der Waals surface area contributed by atoms with E-state index in [4.69, 9.17) is 4.74 Å². The van der Waals surface area contributed by atoms with Crippen LogP contribution in [0.3, 0.4) is 0 Å². The van der Waals surface area contributed by atoms with Gasteiger partial charge in [0.1, 0.15) is 11.6 Å². The number of ether oxygens (including phenoxy) is 1. The normalized spacial score (nSPS) is 10.6. The first-order chi connectivity index (χ1) is 9.19. The van der Waals surface area contributed by atoms with Crippen molar-refractivity contribution in [2.45, 2.75) is 0 Å². The molecule has 0 radical (unpaired) electrons. The van der Waals surface area contributed by atoms with Crippen LogP contribution in [0.15, 0.2) is 54.6 Å². The molecule has 0 N–H and O–H groups in total. The fourth-order valence-electron chi connectivity index (χ4n) is 1.60. The number of benzene rings is 2. The monoisotopic (exact) mass is 256 g/mol. The lowest BCUT2D eigenvalue weighted by Crippen LogP contribution is -1.94. The van der Waals surface area contributed by atoms with Crippen LogP contribution in [-0.4, -0.2) is 12.9 Å². The van der Waals surface area contributed by atoms with Crippen molar-refractivity contribution in [3.05, 3.63) is 71.6 Å². The lowest BCUT2D eigenvalue weighted by Gasteiger charge is -2.00. The molecule has 19 heavy (non-hydrogen) atoms. The smallest absolute Gasteiger partial charge is 0.185 e. The second-order valence-corrected chi connectivity index (χ2v) is 3.98. The lowest BCUT2D eigenvalue weighted by atomic mass is 10.1. The van der Waals surface area contributed by atoms with Gasteiger partial charge in [0.2, 0.25) is 0 Å². The molecule has 0 saturated heterocycles. The Morgan fingerprint density at radius 2 is 1.68 bits per heavy atom. The number of halogens is 1. The van der Waals surface area contributed by atoms with Crippen molar-refractivity contribution in [3.8, 4) is 5.75 Å². The minimum atomic E-state index is -0.293. The van der Waals surface area contributed by atoms with Crippen LogP contribution < -0.4 is 4.74 Å². The predicted molar refractivity (Wildman–Crippen MR) is 72.8 cm³/mol. The van der Waals surface area contributed by atoms with E-state index in [-0.39, 0.29) is 11.6 Å². The van der Waals surface area contributed by atoms with Gasteiger partial charge in [-0.2, -0.15) is 0 Å². The minimum Gasteiger partial charge on any atom is -0.497 e. The molecule has 2 aromatic carbocycles. The van der Waals surface area contributed by atoms with Gasteiger partial charge in [0.15, 0.2) is 5.78 Å². The molecule has 0 aromatic heterocycles. The maximum atomic E-state index is 12.7. The molecule has 0 spiro atoms. The molecule has 0 atom stereocenters. The summed E-state index contributed by atoms with van der Waals surface area (Å²) in [5, 5.41) is 0. The first kappa shape index (κ1) is 13.0. The summed E-state index contributed by atoms with van der Waals surface area (Å²) in [5.74, 6) is 0.310. The van der Waals surface area contributed by atoms with Gasteiger partial charge in [0.25, 0.3) is 0 Å². The second kappa shape index (κ2) is 5.96. The van der Waals surface area contributed by atoms with E-state index in [2.05, 4.69) is 0 Å². The van der Waals surface area contributed by atoms with Gasteiger partial charge in [-0.15, -0.1) is 0 Å². The molecule has 2 aromatic rings. The number of carbonyl (C=O) groups excluding carboxylic acids is 1. The van der Waals surface area contributed by atoms with Gasteiger partial charge in [0.05, 0.1) is 7.11 Å². The number of rotatable bonds is 4. The third-order valence-corrected chi connectivity index (χ3v) is 2.67. The van der Waals surface area contributed by atoms with E-state index >= 15 is 0 Å². The minimum absolute atomic E-state index is 0.105. The summed E-state index contributed by atoms with van der Waals surface area (Å²) in [7, 11) is 1.57. The van der Waals surface area contributed by atoms with E-state index in [1.54, 1.807) is 49.6 Å². The SMILES string of the molecule is COc1ccc(C(=O)/C=C\c2ccc(F)cc2)cc1. The zero-order valence-electron chi connectivity index (χ0n) is 10.5. The maximum Gasteiger partial charge on any atom is 0.185 e. The molecule has 0 fully saturated rings. The molecule has 0 aliphatic carbocycles. The van der Waals surface area contributed by atoms with Crippen molar-refractivity contribution in [1.29, 1.82) is 0 Å². The Labute approximate surface area is 111 Å². The Kier molecular flexibility index (Phi) is 4.08. The zero-order chi connectivity index (χ0) is 13.7. The molecule has 0 aliphatic rings. The van der Waals surface area contributed by atoms with Crippen LogP contribution in [0.4, 0.5) is 4.39 Å². The predicted octanol–water partition coefficient (Wildman–Crippen LogP) is 3.73. The number of carbonyl (C=O) groups is 1. The summed E-state index contributed by atoms with van der Waals surface area (Å²) in [5.41, 5.74) is 1.36. The Bertz CT molecular complexity index is 583. The molecule has 0 unspecified atom stereocenters. The second-order valence-electron chi connectivity index (χ2n) is 3.98. The highest BCUT2D eigenvalue weighted by atomic mass is 19.1. The van der Waals surface area contributed by atoms with Crippen molar-refractivity contribution in [1.82, 2.24) is 0 Å². The fourth-order valence-corrected chi connectivity index (χ4v) is 1.60. The van der Waals surface area contributed by atoms with Crippen LogP contribution in [0.5, 0.6) is 5.75 Å². The van der Waals surface area contributed by atoms with Crippen LogP contribution in [-0.2, 0) is 0 Å². The summed E-state index contributed by atoms with van der Waals surface area (Å²) < 4.78 is 17.7. The fraction of sp³-hybridized carbons (Fsp3) is 0.0625. The van der Waals surface area contributed by atoms with Crippen molar-refractivity contribution < 1.29 is 13.9 Å². The van der Waals surface area contributed by atoms with E-state index in [0.717, 1.165) is 5.56 Å². The number of hydrogen-bond donors (Lipinski definition) is 0. The molecule has 0 amide bonds. The van der Waals surface area contributed by atoms with Crippen LogP contribution in [0, 0.1) is 5.82 Å². The van der Waals surface area contributed by atoms with Gasteiger partial charge < -0.3 is 4.74 Å². The molecule has 0 bridgehead atoms. The van der Waals surface area contributed by atoms with Gasteiger partial charge >= 0.3 is 0 Å². The van der Waals surface area contributed by atoms with E-state index in [1.165, 1.54) is 18.2 Å². The van der Waals surface area contributed by atoms with Gasteiger partial charge in [-0.05, 0) is 48.0 Å². The standard InChI is InChI=1S/C16H13FO2/c1-19-15-9-5-13(6-10-15)16(18)11-4-12-2-7-14(17)8-3-12/h2-11H,1H3/b11-4-. The van der Waals surface area contributed by atoms with Crippen LogP contribution in [0.1, 0.15) is 15.9 Å². The largest absolute Gasteiger partial charge is 0.497 e. The highest BCUT2D eigenvalue weighted by molar-refractivity contribution is 6.06. The van der Waals surface area contributed by atoms with E-state index in [0.29, 0.717) is 11.3 Å². The third kappa shape index (κ3) is 3.52. The molecule has 2 rings (SSSR count). The van der Waals surface area contributed by atoms with Gasteiger partial charge in [-0.1, -0.05) is 18.2 Å². The molecule has 3 heteroatoms. The Balaban J connectivity index is 2.09. The number of hydrogen-bond acceptors (Lipinski definition) is 2. The highest BCUT2D eigenvalue weighted by Crippen LogP contribution is 2.13. The number of ketones is 1. The van der Waals surface area contributed by atoms with Gasteiger partial charge in [-0.25, -0.2) is 4.39 Å². The third-order valence-electron chi connectivity index (χ3n) is 2.67. The first-order valence-corrected chi connectivity index (χ1v) is 5.81. The Morgan fingerprint density at radius 3 is 2.26 bits per heavy atom. The summed E-state index contributed by atoms with van der Waals surface area (Å²) in [6.07, 6.45) is 3.13. The molecule has 0 saturated carbocycles. The van der Waals surface area contributed by atoms with Gasteiger partial charge in [0, 0.05) is 5.56 Å². The van der Waals surface area contributed by atoms with E-state index in [1.807, 2.05) is 0 Å². The van der Waals surface area contributed by atoms with Crippen molar-refractivity contribution >= 4 is 11.9 Å². The van der Waals surface area contributed by atoms with Crippen LogP contribution >= 0.6 is 0 Å². The molecule has 2 nitrogen and oxygen atoms in total. The van der Waals surface area contributed by atoms with Crippen LogP contribution in [0.25, 0.3) is 6.08 Å².